The van der Waals surface area contributed by atoms with Gasteiger partial charge in [-0.15, -0.1) is 0 Å². The molecule has 3 amide bonds. The number of carbonyl (C=O) groups excluding carboxylic acids is 3. The van der Waals surface area contributed by atoms with Crippen molar-refractivity contribution in [1.29, 1.82) is 0 Å². The monoisotopic (exact) mass is 453 g/mol. The van der Waals surface area contributed by atoms with Crippen LogP contribution < -0.4 is 10.1 Å². The lowest BCUT2D eigenvalue weighted by Gasteiger charge is -2.35. The first-order valence-electron chi connectivity index (χ1n) is 10.9. The molecule has 1 saturated heterocycles. The molecule has 1 N–H and O–H groups in total. The van der Waals surface area contributed by atoms with Crippen molar-refractivity contribution in [2.75, 3.05) is 38.6 Å². The number of anilines is 1. The Balaban J connectivity index is 1.56. The van der Waals surface area contributed by atoms with E-state index in [1.807, 2.05) is 13.0 Å². The molecular weight excluding hydrogens is 422 g/mol. The highest BCUT2D eigenvalue weighted by molar-refractivity contribution is 5.96. The summed E-state index contributed by atoms with van der Waals surface area (Å²) in [5, 5.41) is 2.65. The number of nitrogens with one attached hydrogen (secondary N) is 1. The van der Waals surface area contributed by atoms with E-state index in [4.69, 9.17) is 9.47 Å². The van der Waals surface area contributed by atoms with Crippen molar-refractivity contribution in [3.05, 3.63) is 59.2 Å². The minimum atomic E-state index is -0.588. The van der Waals surface area contributed by atoms with Crippen molar-refractivity contribution in [2.24, 2.45) is 0 Å². The number of carbonyl (C=O) groups is 3. The molecule has 1 heterocycles. The molecule has 0 saturated carbocycles. The lowest BCUT2D eigenvalue weighted by atomic mass is 10.1. The fraction of sp³-hybridized carbons (Fsp3) is 0.400. The summed E-state index contributed by atoms with van der Waals surface area (Å²) in [6.07, 6.45) is -0.548. The van der Waals surface area contributed by atoms with Gasteiger partial charge in [-0.2, -0.15) is 0 Å². The summed E-state index contributed by atoms with van der Waals surface area (Å²) in [6.45, 7) is 9.12. The van der Waals surface area contributed by atoms with Gasteiger partial charge in [0.1, 0.15) is 11.4 Å². The van der Waals surface area contributed by atoms with E-state index in [9.17, 15) is 14.4 Å². The van der Waals surface area contributed by atoms with Crippen LogP contribution in [-0.4, -0.2) is 66.6 Å². The number of piperazine rings is 1. The zero-order valence-electron chi connectivity index (χ0n) is 19.8. The zero-order chi connectivity index (χ0) is 24.2. The van der Waals surface area contributed by atoms with Crippen LogP contribution in [-0.2, 0) is 4.74 Å². The van der Waals surface area contributed by atoms with Crippen LogP contribution in [0.5, 0.6) is 5.75 Å². The molecule has 0 radical (unpaired) electrons. The first kappa shape index (κ1) is 24.1. The Bertz CT molecular complexity index is 1020. The van der Waals surface area contributed by atoms with Gasteiger partial charge in [0.05, 0.1) is 7.11 Å². The number of amides is 3. The molecule has 8 nitrogen and oxygen atoms in total. The van der Waals surface area contributed by atoms with Crippen molar-refractivity contribution in [1.82, 2.24) is 9.80 Å². The van der Waals surface area contributed by atoms with E-state index in [0.29, 0.717) is 48.7 Å². The van der Waals surface area contributed by atoms with Gasteiger partial charge >= 0.3 is 6.09 Å². The molecular formula is C25H31N3O5. The Labute approximate surface area is 194 Å². The lowest BCUT2D eigenvalue weighted by Crippen LogP contribution is -2.50. The Morgan fingerprint density at radius 3 is 1.88 bits per heavy atom. The highest BCUT2D eigenvalue weighted by Gasteiger charge is 2.26. The molecule has 2 aromatic rings. The highest BCUT2D eigenvalue weighted by Crippen LogP contribution is 2.21. The number of benzene rings is 2. The third-order valence-corrected chi connectivity index (χ3v) is 5.29. The molecule has 0 aromatic heterocycles. The topological polar surface area (TPSA) is 88.2 Å². The van der Waals surface area contributed by atoms with Crippen molar-refractivity contribution < 1.29 is 23.9 Å². The van der Waals surface area contributed by atoms with Crippen LogP contribution in [0.15, 0.2) is 42.5 Å². The average Bonchev–Trinajstić information content (AvgIpc) is 2.78. The van der Waals surface area contributed by atoms with E-state index in [2.05, 4.69) is 5.32 Å². The SMILES string of the molecule is COc1cc(C(=O)N2CCN(C(=O)c3ccc(NC(=O)OC(C)(C)C)cc3)CC2)ccc1C. The first-order valence-corrected chi connectivity index (χ1v) is 10.9. The average molecular weight is 454 g/mol. The van der Waals surface area contributed by atoms with Gasteiger partial charge in [0, 0.05) is 43.0 Å². The van der Waals surface area contributed by atoms with Crippen LogP contribution in [0.25, 0.3) is 0 Å². The maximum atomic E-state index is 12.9. The molecule has 0 bridgehead atoms. The van der Waals surface area contributed by atoms with Gasteiger partial charge in [0.15, 0.2) is 0 Å². The Morgan fingerprint density at radius 1 is 0.848 bits per heavy atom. The van der Waals surface area contributed by atoms with E-state index >= 15 is 0 Å². The van der Waals surface area contributed by atoms with Crippen LogP contribution >= 0.6 is 0 Å². The molecule has 0 atom stereocenters. The molecule has 0 aliphatic carbocycles. The molecule has 0 unspecified atom stereocenters. The third kappa shape index (κ3) is 6.25. The maximum Gasteiger partial charge on any atom is 0.412 e. The van der Waals surface area contributed by atoms with Crippen molar-refractivity contribution in [2.45, 2.75) is 33.3 Å². The summed E-state index contributed by atoms with van der Waals surface area (Å²) in [7, 11) is 1.58. The van der Waals surface area contributed by atoms with E-state index in [0.717, 1.165) is 5.56 Å². The minimum absolute atomic E-state index is 0.0713. The largest absolute Gasteiger partial charge is 0.496 e. The highest BCUT2D eigenvalue weighted by atomic mass is 16.6. The normalized spacial score (nSPS) is 14.0. The van der Waals surface area contributed by atoms with Gasteiger partial charge in [-0.25, -0.2) is 4.79 Å². The zero-order valence-corrected chi connectivity index (χ0v) is 19.8. The number of ether oxygens (including phenoxy) is 2. The maximum absolute atomic E-state index is 12.9. The predicted molar refractivity (Wildman–Crippen MR) is 126 cm³/mol. The second kappa shape index (κ2) is 9.94. The van der Waals surface area contributed by atoms with E-state index in [1.165, 1.54) is 0 Å². The first-order chi connectivity index (χ1) is 15.6. The Hall–Kier alpha value is -3.55. The Morgan fingerprint density at radius 2 is 1.36 bits per heavy atom. The van der Waals surface area contributed by atoms with E-state index in [1.54, 1.807) is 74.1 Å². The molecule has 1 aliphatic rings. The van der Waals surface area contributed by atoms with Crippen LogP contribution in [0.1, 0.15) is 47.1 Å². The fourth-order valence-electron chi connectivity index (χ4n) is 3.55. The molecule has 8 heteroatoms. The van der Waals surface area contributed by atoms with Gasteiger partial charge in [-0.05, 0) is 69.7 Å². The van der Waals surface area contributed by atoms with Gasteiger partial charge in [0.2, 0.25) is 0 Å². The predicted octanol–water partition coefficient (Wildman–Crippen LogP) is 3.95. The second-order valence-corrected chi connectivity index (χ2v) is 8.97. The molecule has 3 rings (SSSR count). The number of hydrogen-bond acceptors (Lipinski definition) is 5. The van der Waals surface area contributed by atoms with Crippen LogP contribution in [0, 0.1) is 6.92 Å². The van der Waals surface area contributed by atoms with E-state index in [-0.39, 0.29) is 11.8 Å². The third-order valence-electron chi connectivity index (χ3n) is 5.29. The van der Waals surface area contributed by atoms with Gasteiger partial charge in [-0.1, -0.05) is 6.07 Å². The Kier molecular flexibility index (Phi) is 7.26. The summed E-state index contributed by atoms with van der Waals surface area (Å²) in [6, 6.07) is 12.1. The van der Waals surface area contributed by atoms with Crippen LogP contribution in [0.4, 0.5) is 10.5 Å². The summed E-state index contributed by atoms with van der Waals surface area (Å²) in [5.41, 5.74) is 2.02. The van der Waals surface area contributed by atoms with Gasteiger partial charge < -0.3 is 19.3 Å². The van der Waals surface area contributed by atoms with Crippen molar-refractivity contribution >= 4 is 23.6 Å². The lowest BCUT2D eigenvalue weighted by molar-refractivity contribution is 0.0535. The molecule has 176 valence electrons. The quantitative estimate of drug-likeness (QED) is 0.757. The standard InChI is InChI=1S/C25H31N3O5/c1-17-6-7-19(16-21(17)32-5)23(30)28-14-12-27(13-15-28)22(29)18-8-10-20(11-9-18)26-24(31)33-25(2,3)4/h6-11,16H,12-15H2,1-5H3,(H,26,31). The number of aryl methyl sites for hydroxylation is 1. The molecule has 33 heavy (non-hydrogen) atoms. The van der Waals surface area contributed by atoms with Gasteiger partial charge in [-0.3, -0.25) is 14.9 Å². The number of nitrogens with zero attached hydrogens (tertiary/aromatic N) is 2. The van der Waals surface area contributed by atoms with Crippen molar-refractivity contribution in [3.8, 4) is 5.75 Å². The summed E-state index contributed by atoms with van der Waals surface area (Å²) in [5.74, 6) is 0.500. The second-order valence-electron chi connectivity index (χ2n) is 8.97. The van der Waals surface area contributed by atoms with Crippen LogP contribution in [0.2, 0.25) is 0 Å². The molecule has 0 spiro atoms. The van der Waals surface area contributed by atoms with Crippen molar-refractivity contribution in [3.63, 3.8) is 0 Å². The summed E-state index contributed by atoms with van der Waals surface area (Å²) >= 11 is 0. The van der Waals surface area contributed by atoms with E-state index < -0.39 is 11.7 Å². The van der Waals surface area contributed by atoms with Gasteiger partial charge in [0.25, 0.3) is 11.8 Å². The number of rotatable bonds is 4. The molecule has 2 aromatic carbocycles. The summed E-state index contributed by atoms with van der Waals surface area (Å²) in [4.78, 5) is 41.1. The number of hydrogen-bond donors (Lipinski definition) is 1. The fourth-order valence-corrected chi connectivity index (χ4v) is 3.55. The molecule has 1 aliphatic heterocycles. The summed E-state index contributed by atoms with van der Waals surface area (Å²) < 4.78 is 10.5. The smallest absolute Gasteiger partial charge is 0.412 e. The minimum Gasteiger partial charge on any atom is -0.496 e. The number of methoxy groups -OCH3 is 1. The molecule has 1 fully saturated rings. The van der Waals surface area contributed by atoms with Crippen LogP contribution in [0.3, 0.4) is 0 Å².